The van der Waals surface area contributed by atoms with Crippen molar-refractivity contribution < 1.29 is 14.9 Å². The molecule has 4 rings (SSSR count). The highest BCUT2D eigenvalue weighted by Crippen LogP contribution is 2.33. The summed E-state index contributed by atoms with van der Waals surface area (Å²) < 4.78 is 7.43. The zero-order valence-corrected chi connectivity index (χ0v) is 13.9. The summed E-state index contributed by atoms with van der Waals surface area (Å²) >= 11 is 6.10. The van der Waals surface area contributed by atoms with Crippen molar-refractivity contribution in [3.63, 3.8) is 0 Å². The van der Waals surface area contributed by atoms with Crippen LogP contribution < -0.4 is 5.32 Å². The lowest BCUT2D eigenvalue weighted by Gasteiger charge is -2.15. The van der Waals surface area contributed by atoms with Gasteiger partial charge in [0.15, 0.2) is 17.0 Å². The molecule has 2 aliphatic rings. The Kier molecular flexibility index (Phi) is 4.29. The van der Waals surface area contributed by atoms with Crippen LogP contribution in [0.4, 0.5) is 5.82 Å². The van der Waals surface area contributed by atoms with Crippen LogP contribution in [0.3, 0.4) is 0 Å². The first-order valence-electron chi connectivity index (χ1n) is 8.26. The molecule has 0 aromatic carbocycles. The molecule has 24 heavy (non-hydrogen) atoms. The number of halogens is 1. The van der Waals surface area contributed by atoms with Crippen LogP contribution in [0.15, 0.2) is 6.33 Å². The fourth-order valence-corrected chi connectivity index (χ4v) is 3.68. The minimum Gasteiger partial charge on any atom is -0.394 e. The SMILES string of the molecule is OC[C@H]1O[C@@H](n2cnc3c(NC4CCCC4)nc(Cl)nc32)C[C@@H]1O. The summed E-state index contributed by atoms with van der Waals surface area (Å²) in [7, 11) is 0. The van der Waals surface area contributed by atoms with Gasteiger partial charge in [-0.3, -0.25) is 4.57 Å². The maximum Gasteiger partial charge on any atom is 0.226 e. The first-order chi connectivity index (χ1) is 11.7. The lowest BCUT2D eigenvalue weighted by atomic mass is 10.2. The van der Waals surface area contributed by atoms with Gasteiger partial charge in [-0.2, -0.15) is 9.97 Å². The largest absolute Gasteiger partial charge is 0.394 e. The molecule has 1 saturated carbocycles. The van der Waals surface area contributed by atoms with Crippen LogP contribution in [0.2, 0.25) is 5.28 Å². The van der Waals surface area contributed by atoms with Gasteiger partial charge >= 0.3 is 0 Å². The van der Waals surface area contributed by atoms with Gasteiger partial charge in [0.1, 0.15) is 12.3 Å². The fourth-order valence-electron chi connectivity index (χ4n) is 3.52. The number of anilines is 1. The van der Waals surface area contributed by atoms with Crippen LogP contribution in [-0.2, 0) is 4.74 Å². The van der Waals surface area contributed by atoms with E-state index < -0.39 is 18.4 Å². The Labute approximate surface area is 143 Å². The molecule has 2 aromatic rings. The normalized spacial score (nSPS) is 28.0. The van der Waals surface area contributed by atoms with Crippen molar-refractivity contribution in [2.75, 3.05) is 11.9 Å². The second-order valence-electron chi connectivity index (χ2n) is 6.41. The molecule has 8 nitrogen and oxygen atoms in total. The van der Waals surface area contributed by atoms with Gasteiger partial charge in [0.25, 0.3) is 0 Å². The van der Waals surface area contributed by atoms with Crippen LogP contribution in [0.1, 0.15) is 38.3 Å². The summed E-state index contributed by atoms with van der Waals surface area (Å²) in [4.78, 5) is 13.0. The number of aliphatic hydroxyl groups is 2. The topological polar surface area (TPSA) is 105 Å². The summed E-state index contributed by atoms with van der Waals surface area (Å²) in [5.41, 5.74) is 1.20. The average Bonchev–Trinajstić information content (AvgIpc) is 3.26. The maximum atomic E-state index is 9.94. The minimum absolute atomic E-state index is 0.141. The van der Waals surface area contributed by atoms with Crippen LogP contribution in [0, 0.1) is 0 Å². The van der Waals surface area contributed by atoms with E-state index in [1.807, 2.05) is 0 Å². The highest BCUT2D eigenvalue weighted by atomic mass is 35.5. The number of hydrogen-bond donors (Lipinski definition) is 3. The number of ether oxygens (including phenoxy) is 1. The lowest BCUT2D eigenvalue weighted by molar-refractivity contribution is -0.0432. The van der Waals surface area contributed by atoms with Crippen molar-refractivity contribution in [1.82, 2.24) is 19.5 Å². The summed E-state index contributed by atoms with van der Waals surface area (Å²) in [6.45, 7) is -0.228. The van der Waals surface area contributed by atoms with E-state index >= 15 is 0 Å². The Balaban J connectivity index is 1.67. The number of aliphatic hydroxyl groups excluding tert-OH is 2. The highest BCUT2D eigenvalue weighted by Gasteiger charge is 2.35. The molecular weight excluding hydrogens is 334 g/mol. The van der Waals surface area contributed by atoms with Gasteiger partial charge in [-0.15, -0.1) is 0 Å². The average molecular weight is 354 g/mol. The molecule has 3 N–H and O–H groups in total. The predicted molar refractivity (Wildman–Crippen MR) is 87.8 cm³/mol. The first kappa shape index (κ1) is 16.0. The fraction of sp³-hybridized carbons (Fsp3) is 0.667. The lowest BCUT2D eigenvalue weighted by Crippen LogP contribution is -2.24. The van der Waals surface area contributed by atoms with Crippen LogP contribution in [0.5, 0.6) is 0 Å². The molecule has 130 valence electrons. The second-order valence-corrected chi connectivity index (χ2v) is 6.74. The third-order valence-corrected chi connectivity index (χ3v) is 4.95. The molecule has 0 bridgehead atoms. The zero-order valence-electron chi connectivity index (χ0n) is 13.1. The standard InChI is InChI=1S/C15H20ClN5O3/c16-15-19-13(18-8-3-1-2-4-8)12-14(20-15)21(7-17-12)11-5-9(23)10(6-22)24-11/h7-11,22-23H,1-6H2,(H,18,19,20)/t9-,10+,11+/m0/s1. The predicted octanol–water partition coefficient (Wildman–Crippen LogP) is 1.47. The number of hydrogen-bond acceptors (Lipinski definition) is 7. The van der Waals surface area contributed by atoms with E-state index in [0.29, 0.717) is 29.4 Å². The Bertz CT molecular complexity index is 733. The summed E-state index contributed by atoms with van der Waals surface area (Å²) in [5.74, 6) is 0.632. The van der Waals surface area contributed by atoms with Crippen molar-refractivity contribution in [2.24, 2.45) is 0 Å². The molecule has 0 amide bonds. The number of rotatable bonds is 4. The number of nitrogens with zero attached hydrogens (tertiary/aromatic N) is 4. The van der Waals surface area contributed by atoms with Crippen molar-refractivity contribution in [2.45, 2.75) is 56.6 Å². The Morgan fingerprint density at radius 3 is 2.83 bits per heavy atom. The van der Waals surface area contributed by atoms with E-state index in [2.05, 4.69) is 20.3 Å². The molecule has 2 aromatic heterocycles. The third kappa shape index (κ3) is 2.83. The number of imidazole rings is 1. The van der Waals surface area contributed by atoms with Gasteiger partial charge in [0.05, 0.1) is 19.0 Å². The molecule has 1 saturated heterocycles. The Hall–Kier alpha value is -1.48. The molecule has 0 spiro atoms. The summed E-state index contributed by atoms with van der Waals surface area (Å²) in [6.07, 6.45) is 4.88. The summed E-state index contributed by atoms with van der Waals surface area (Å²) in [5, 5.41) is 22.7. The van der Waals surface area contributed by atoms with Gasteiger partial charge in [-0.25, -0.2) is 4.98 Å². The Morgan fingerprint density at radius 1 is 1.33 bits per heavy atom. The first-order valence-corrected chi connectivity index (χ1v) is 8.64. The van der Waals surface area contributed by atoms with Crippen LogP contribution in [-0.4, -0.2) is 54.6 Å². The molecule has 2 fully saturated rings. The van der Waals surface area contributed by atoms with E-state index in [4.69, 9.17) is 16.3 Å². The number of nitrogens with one attached hydrogen (secondary N) is 1. The van der Waals surface area contributed by atoms with Gasteiger partial charge in [0.2, 0.25) is 5.28 Å². The molecule has 3 heterocycles. The third-order valence-electron chi connectivity index (χ3n) is 4.78. The highest BCUT2D eigenvalue weighted by molar-refractivity contribution is 6.28. The van der Waals surface area contributed by atoms with Crippen molar-refractivity contribution >= 4 is 28.6 Å². The minimum atomic E-state index is -0.717. The number of fused-ring (bicyclic) bond motifs is 1. The van der Waals surface area contributed by atoms with Gasteiger partial charge in [0, 0.05) is 12.5 Å². The Morgan fingerprint density at radius 2 is 2.12 bits per heavy atom. The molecule has 0 radical (unpaired) electrons. The van der Waals surface area contributed by atoms with E-state index in [9.17, 15) is 10.2 Å². The monoisotopic (exact) mass is 353 g/mol. The van der Waals surface area contributed by atoms with Crippen LogP contribution in [0.25, 0.3) is 11.2 Å². The van der Waals surface area contributed by atoms with Crippen LogP contribution >= 0.6 is 11.6 Å². The maximum absolute atomic E-state index is 9.94. The summed E-state index contributed by atoms with van der Waals surface area (Å²) in [6, 6.07) is 0.382. The molecule has 1 aliphatic heterocycles. The van der Waals surface area contributed by atoms with E-state index in [0.717, 1.165) is 12.8 Å². The van der Waals surface area contributed by atoms with Crippen molar-refractivity contribution in [3.8, 4) is 0 Å². The van der Waals surface area contributed by atoms with E-state index in [1.165, 1.54) is 12.8 Å². The quantitative estimate of drug-likeness (QED) is 0.715. The second kappa shape index (κ2) is 6.44. The van der Waals surface area contributed by atoms with E-state index in [1.54, 1.807) is 10.9 Å². The van der Waals surface area contributed by atoms with E-state index in [-0.39, 0.29) is 11.9 Å². The molecular formula is C15H20ClN5O3. The van der Waals surface area contributed by atoms with Gasteiger partial charge < -0.3 is 20.3 Å². The molecule has 1 aliphatic carbocycles. The number of aromatic nitrogens is 4. The van der Waals surface area contributed by atoms with Gasteiger partial charge in [-0.1, -0.05) is 12.8 Å². The zero-order chi connectivity index (χ0) is 16.7. The van der Waals surface area contributed by atoms with Crippen molar-refractivity contribution in [3.05, 3.63) is 11.6 Å². The molecule has 3 atom stereocenters. The smallest absolute Gasteiger partial charge is 0.226 e. The molecule has 9 heteroatoms. The van der Waals surface area contributed by atoms with Crippen molar-refractivity contribution in [1.29, 1.82) is 0 Å². The molecule has 0 unspecified atom stereocenters. The van der Waals surface area contributed by atoms with Gasteiger partial charge in [-0.05, 0) is 24.4 Å².